The Kier molecular flexibility index (Phi) is 310. The molecule has 0 unspecified atom stereocenters. The van der Waals surface area contributed by atoms with Crippen molar-refractivity contribution in [1.29, 1.82) is 0 Å². The van der Waals surface area contributed by atoms with Crippen LogP contribution in [0.2, 0.25) is 0 Å². The molecule has 0 amide bonds. The Morgan fingerprint density at radius 3 is 0.600 bits per heavy atom. The molecule has 0 aromatic rings. The van der Waals surface area contributed by atoms with E-state index in [2.05, 4.69) is 0 Å². The third-order valence-electron chi connectivity index (χ3n) is 0. The second-order valence-electron chi connectivity index (χ2n) is 0. The molecule has 0 radical (unpaired) electrons. The number of hydrogen-bond acceptors (Lipinski definition) is 0. The average molecular weight is 340 g/mol. The monoisotopic (exact) mass is 340 g/mol. The molecule has 0 rings (SSSR count). The molecular formula is HfS3Zn. The summed E-state index contributed by atoms with van der Waals surface area (Å²) < 4.78 is 0. The zero-order valence-corrected chi connectivity index (χ0v) is 11.4. The van der Waals surface area contributed by atoms with Gasteiger partial charge in [0.15, 0.2) is 0 Å². The first-order chi connectivity index (χ1) is 0. The molecule has 24 valence electrons. The van der Waals surface area contributed by atoms with Crippen LogP contribution in [0.4, 0.5) is 0 Å². The minimum atomic E-state index is 0. The van der Waals surface area contributed by atoms with Crippen molar-refractivity contribution in [3.05, 3.63) is 0 Å². The Hall–Kier alpha value is 2.54. The summed E-state index contributed by atoms with van der Waals surface area (Å²) in [4.78, 5) is 0. The summed E-state index contributed by atoms with van der Waals surface area (Å²) in [6, 6.07) is 0. The van der Waals surface area contributed by atoms with Crippen LogP contribution in [-0.2, 0) is 85.8 Å². The van der Waals surface area contributed by atoms with E-state index in [1.165, 1.54) is 0 Å². The molecule has 0 spiro atoms. The zero-order valence-electron chi connectivity index (χ0n) is 2.43. The van der Waals surface area contributed by atoms with Gasteiger partial charge in [-0.25, -0.2) is 0 Å². The maximum atomic E-state index is 0. The van der Waals surface area contributed by atoms with E-state index in [1.54, 1.807) is 0 Å². The predicted octanol–water partition coefficient (Wildman–Crippen LogP) is -0.0122. The van der Waals surface area contributed by atoms with Crippen molar-refractivity contribution in [2.75, 3.05) is 0 Å². The van der Waals surface area contributed by atoms with Crippen LogP contribution in [0.25, 0.3) is 0 Å². The van der Waals surface area contributed by atoms with Crippen LogP contribution in [0.1, 0.15) is 0 Å². The molecule has 5 heteroatoms. The molecule has 0 saturated heterocycles. The van der Waals surface area contributed by atoms with Gasteiger partial charge in [-0.2, -0.15) is 0 Å². The SMILES string of the molecule is [Hf+4].[S-2].[S-2].[S-2].[Zn+2]. The van der Waals surface area contributed by atoms with Gasteiger partial charge in [0.2, 0.25) is 0 Å². The minimum Gasteiger partial charge on any atom is -2.00 e. The molecule has 0 nitrogen and oxygen atoms in total. The average Bonchev–Trinajstić information content (AvgIpc) is 0. The van der Waals surface area contributed by atoms with Gasteiger partial charge in [0.1, 0.15) is 0 Å². The van der Waals surface area contributed by atoms with Gasteiger partial charge >= 0.3 is 45.3 Å². The van der Waals surface area contributed by atoms with Gasteiger partial charge in [-0.05, 0) is 0 Å². The molecule has 0 heterocycles. The fourth-order valence-corrected chi connectivity index (χ4v) is 0. The maximum Gasteiger partial charge on any atom is 4.00 e. The topological polar surface area (TPSA) is 0 Å². The molecule has 0 aromatic heterocycles. The number of hydrogen-bond donors (Lipinski definition) is 0. The van der Waals surface area contributed by atoms with Crippen molar-refractivity contribution >= 4 is 40.5 Å². The van der Waals surface area contributed by atoms with Gasteiger partial charge in [0.05, 0.1) is 0 Å². The summed E-state index contributed by atoms with van der Waals surface area (Å²) in [6.45, 7) is 0. The van der Waals surface area contributed by atoms with Gasteiger partial charge < -0.3 is 40.5 Å². The first-order valence-corrected chi connectivity index (χ1v) is 0. The summed E-state index contributed by atoms with van der Waals surface area (Å²) in [7, 11) is 0. The second kappa shape index (κ2) is 31.1. The van der Waals surface area contributed by atoms with Crippen molar-refractivity contribution in [1.82, 2.24) is 0 Å². The third kappa shape index (κ3) is 20.9. The van der Waals surface area contributed by atoms with Crippen LogP contribution >= 0.6 is 0 Å². The predicted molar refractivity (Wildman–Crippen MR) is 22.1 cm³/mol. The van der Waals surface area contributed by atoms with Gasteiger partial charge in [-0.3, -0.25) is 0 Å². The van der Waals surface area contributed by atoms with Crippen molar-refractivity contribution in [3.63, 3.8) is 0 Å². The Balaban J connectivity index is 0. The molecule has 5 heavy (non-hydrogen) atoms. The number of rotatable bonds is 0. The molecule has 0 N–H and O–H groups in total. The normalized spacial score (nSPS) is 0. The van der Waals surface area contributed by atoms with Crippen molar-refractivity contribution in [2.24, 2.45) is 0 Å². The first kappa shape index (κ1) is 49.9. The van der Waals surface area contributed by atoms with E-state index in [1.807, 2.05) is 0 Å². The van der Waals surface area contributed by atoms with Crippen LogP contribution < -0.4 is 0 Å². The van der Waals surface area contributed by atoms with E-state index < -0.39 is 0 Å². The summed E-state index contributed by atoms with van der Waals surface area (Å²) in [6.07, 6.45) is 0. The van der Waals surface area contributed by atoms with Crippen LogP contribution in [-0.4, -0.2) is 0 Å². The molecule has 0 aromatic carbocycles. The quantitative estimate of drug-likeness (QED) is 0.544. The van der Waals surface area contributed by atoms with E-state index in [0.29, 0.717) is 0 Å². The Labute approximate surface area is 84.7 Å². The standard InChI is InChI=1S/Hf.3S.Zn/q+4;3*-2;+2. The second-order valence-corrected chi connectivity index (χ2v) is 0. The summed E-state index contributed by atoms with van der Waals surface area (Å²) in [5.74, 6) is 0. The maximum absolute atomic E-state index is 0. The molecular weight excluding hydrogens is 340 g/mol. The molecule has 0 aliphatic heterocycles. The third-order valence-corrected chi connectivity index (χ3v) is 0. The van der Waals surface area contributed by atoms with Crippen molar-refractivity contribution in [2.45, 2.75) is 0 Å². The molecule has 0 atom stereocenters. The summed E-state index contributed by atoms with van der Waals surface area (Å²) >= 11 is 0. The van der Waals surface area contributed by atoms with E-state index in [9.17, 15) is 0 Å². The van der Waals surface area contributed by atoms with Gasteiger partial charge in [-0.15, -0.1) is 0 Å². The largest absolute Gasteiger partial charge is 4.00 e. The van der Waals surface area contributed by atoms with E-state index in [-0.39, 0.29) is 85.8 Å². The van der Waals surface area contributed by atoms with Crippen LogP contribution in [0.5, 0.6) is 0 Å². The summed E-state index contributed by atoms with van der Waals surface area (Å²) in [5, 5.41) is 0. The van der Waals surface area contributed by atoms with Gasteiger partial charge in [-0.1, -0.05) is 0 Å². The molecule has 0 aliphatic carbocycles. The van der Waals surface area contributed by atoms with Crippen molar-refractivity contribution in [3.8, 4) is 0 Å². The van der Waals surface area contributed by atoms with Crippen LogP contribution in [0, 0.1) is 0 Å². The molecule has 0 aliphatic rings. The zero-order chi connectivity index (χ0) is 0. The smallest absolute Gasteiger partial charge is 2.00 e. The summed E-state index contributed by atoms with van der Waals surface area (Å²) in [5.41, 5.74) is 0. The first-order valence-electron chi connectivity index (χ1n) is 0. The van der Waals surface area contributed by atoms with E-state index >= 15 is 0 Å². The molecule has 0 saturated carbocycles. The van der Waals surface area contributed by atoms with Gasteiger partial charge in [0.25, 0.3) is 0 Å². The Bertz CT molecular complexity index is 6.85. The fraction of sp³-hybridized carbons (Fsp3) is 0. The van der Waals surface area contributed by atoms with E-state index in [0.717, 1.165) is 0 Å². The van der Waals surface area contributed by atoms with Gasteiger partial charge in [0, 0.05) is 0 Å². The van der Waals surface area contributed by atoms with Crippen molar-refractivity contribution < 1.29 is 45.3 Å². The van der Waals surface area contributed by atoms with Crippen LogP contribution in [0.3, 0.4) is 0 Å². The van der Waals surface area contributed by atoms with Crippen LogP contribution in [0.15, 0.2) is 0 Å². The van der Waals surface area contributed by atoms with E-state index in [4.69, 9.17) is 0 Å². The minimum absolute atomic E-state index is 0. The Morgan fingerprint density at radius 1 is 0.600 bits per heavy atom. The Morgan fingerprint density at radius 2 is 0.600 bits per heavy atom. The molecule has 0 bridgehead atoms. The fourth-order valence-electron chi connectivity index (χ4n) is 0. The molecule has 0 fully saturated rings.